The Kier molecular flexibility index (Phi) is 4.80. The lowest BCUT2D eigenvalue weighted by Gasteiger charge is -2.06. The summed E-state index contributed by atoms with van der Waals surface area (Å²) in [5, 5.41) is 0.715. The largest absolute Gasteiger partial charge is 0.456 e. The van der Waals surface area contributed by atoms with Crippen molar-refractivity contribution in [3.63, 3.8) is 0 Å². The number of benzene rings is 1. The van der Waals surface area contributed by atoms with Gasteiger partial charge in [-0.3, -0.25) is 0 Å². The van der Waals surface area contributed by atoms with Gasteiger partial charge in [-0.1, -0.05) is 39.1 Å². The van der Waals surface area contributed by atoms with Gasteiger partial charge in [0.1, 0.15) is 11.8 Å². The average molecular weight is 361 g/mol. The molecule has 0 atom stereocenters. The Balaban J connectivity index is 2.04. The normalized spacial score (nSPS) is 10.3. The molecule has 0 aliphatic heterocycles. The van der Waals surface area contributed by atoms with Crippen molar-refractivity contribution in [1.29, 1.82) is 0 Å². The Morgan fingerprint density at radius 2 is 1.84 bits per heavy atom. The van der Waals surface area contributed by atoms with Gasteiger partial charge in [-0.2, -0.15) is 0 Å². The molecular weight excluding hydrogens is 353 g/mol. The molecule has 0 radical (unpaired) electrons. The third kappa shape index (κ3) is 3.93. The minimum Gasteiger partial charge on any atom is -0.456 e. The molecule has 19 heavy (non-hydrogen) atoms. The Hall–Kier alpha value is -1.10. The molecule has 1 aromatic heterocycles. The van der Waals surface area contributed by atoms with Crippen LogP contribution in [0.2, 0.25) is 10.2 Å². The van der Waals surface area contributed by atoms with Crippen molar-refractivity contribution in [3.8, 4) is 0 Å². The molecule has 0 amide bonds. The maximum Gasteiger partial charge on any atom is 0.338 e. The topological polar surface area (TPSA) is 39.2 Å². The summed E-state index contributed by atoms with van der Waals surface area (Å²) >= 11 is 15.0. The number of ether oxygens (including phenoxy) is 1. The van der Waals surface area contributed by atoms with E-state index in [0.29, 0.717) is 21.4 Å². The summed E-state index contributed by atoms with van der Waals surface area (Å²) in [6.45, 7) is -0.0196. The zero-order chi connectivity index (χ0) is 13.8. The fraction of sp³-hybridized carbons (Fsp3) is 0.0769. The molecule has 0 saturated heterocycles. The smallest absolute Gasteiger partial charge is 0.338 e. The second-order valence-corrected chi connectivity index (χ2v) is 5.36. The molecule has 6 heteroatoms. The fourth-order valence-corrected chi connectivity index (χ4v) is 1.95. The summed E-state index contributed by atoms with van der Waals surface area (Å²) in [6, 6.07) is 10.0. The number of carbonyl (C=O) groups excluding carboxylic acids is 1. The van der Waals surface area contributed by atoms with Gasteiger partial charge in [0.15, 0.2) is 0 Å². The highest BCUT2D eigenvalue weighted by molar-refractivity contribution is 9.10. The van der Waals surface area contributed by atoms with Crippen LogP contribution in [0.1, 0.15) is 16.1 Å². The molecule has 0 aliphatic rings. The summed E-state index contributed by atoms with van der Waals surface area (Å²) in [5.74, 6) is -0.439. The van der Waals surface area contributed by atoms with E-state index in [1.54, 1.807) is 36.4 Å². The van der Waals surface area contributed by atoms with E-state index in [1.165, 1.54) is 0 Å². The van der Waals surface area contributed by atoms with Gasteiger partial charge >= 0.3 is 5.97 Å². The molecule has 0 bridgehead atoms. The lowest BCUT2D eigenvalue weighted by atomic mass is 10.2. The second kappa shape index (κ2) is 6.37. The van der Waals surface area contributed by atoms with Crippen molar-refractivity contribution in [1.82, 2.24) is 4.98 Å². The second-order valence-electron chi connectivity index (χ2n) is 3.65. The summed E-state index contributed by atoms with van der Waals surface area (Å²) in [7, 11) is 0. The van der Waals surface area contributed by atoms with Gasteiger partial charge in [-0.05, 0) is 36.4 Å². The number of esters is 1. The van der Waals surface area contributed by atoms with E-state index in [9.17, 15) is 4.79 Å². The van der Waals surface area contributed by atoms with Crippen LogP contribution < -0.4 is 0 Å². The first-order valence-electron chi connectivity index (χ1n) is 5.30. The van der Waals surface area contributed by atoms with E-state index >= 15 is 0 Å². The van der Waals surface area contributed by atoms with E-state index in [4.69, 9.17) is 27.9 Å². The maximum absolute atomic E-state index is 11.8. The van der Waals surface area contributed by atoms with Crippen molar-refractivity contribution in [2.75, 3.05) is 0 Å². The quantitative estimate of drug-likeness (QED) is 0.597. The first-order valence-corrected chi connectivity index (χ1v) is 6.85. The van der Waals surface area contributed by atoms with Gasteiger partial charge in [-0.25, -0.2) is 9.78 Å². The standard InChI is InChI=1S/C13H8BrCl2NO2/c14-9-3-1-8(2-4-9)13(18)19-7-11-10(15)5-6-12(16)17-11/h1-6H,7H2. The number of aromatic nitrogens is 1. The Bertz CT molecular complexity index is 602. The van der Waals surface area contributed by atoms with Crippen LogP contribution in [0.4, 0.5) is 0 Å². The SMILES string of the molecule is O=C(OCc1nc(Cl)ccc1Cl)c1ccc(Br)cc1. The van der Waals surface area contributed by atoms with Crippen LogP contribution in [-0.2, 0) is 11.3 Å². The Morgan fingerprint density at radius 1 is 1.16 bits per heavy atom. The predicted octanol–water partition coefficient (Wildman–Crippen LogP) is 4.51. The molecule has 0 fully saturated rings. The van der Waals surface area contributed by atoms with Crippen LogP contribution in [0.5, 0.6) is 0 Å². The molecule has 0 aliphatic carbocycles. The number of carbonyl (C=O) groups is 1. The number of hydrogen-bond acceptors (Lipinski definition) is 3. The summed E-state index contributed by atoms with van der Waals surface area (Å²) < 4.78 is 6.02. The molecule has 0 unspecified atom stereocenters. The van der Waals surface area contributed by atoms with Crippen LogP contribution in [0, 0.1) is 0 Å². The van der Waals surface area contributed by atoms with Crippen molar-refractivity contribution < 1.29 is 9.53 Å². The van der Waals surface area contributed by atoms with Gasteiger partial charge < -0.3 is 4.74 Å². The number of nitrogens with zero attached hydrogens (tertiary/aromatic N) is 1. The maximum atomic E-state index is 11.8. The fourth-order valence-electron chi connectivity index (χ4n) is 1.36. The first-order chi connectivity index (χ1) is 9.06. The van der Waals surface area contributed by atoms with Crippen LogP contribution >= 0.6 is 39.1 Å². The average Bonchev–Trinajstić information content (AvgIpc) is 2.40. The molecule has 98 valence electrons. The first kappa shape index (κ1) is 14.3. The van der Waals surface area contributed by atoms with Crippen LogP contribution in [0.15, 0.2) is 40.9 Å². The third-order valence-corrected chi connectivity index (χ3v) is 3.39. The van der Waals surface area contributed by atoms with E-state index in [1.807, 2.05) is 0 Å². The van der Waals surface area contributed by atoms with Gasteiger partial charge in [0, 0.05) is 4.47 Å². The molecular formula is C13H8BrCl2NO2. The van der Waals surface area contributed by atoms with Crippen molar-refractivity contribution in [2.45, 2.75) is 6.61 Å². The van der Waals surface area contributed by atoms with E-state index in [2.05, 4.69) is 20.9 Å². The highest BCUT2D eigenvalue weighted by Crippen LogP contribution is 2.18. The summed E-state index contributed by atoms with van der Waals surface area (Å²) in [6.07, 6.45) is 0. The number of hydrogen-bond donors (Lipinski definition) is 0. The van der Waals surface area contributed by atoms with E-state index < -0.39 is 5.97 Å². The lowest BCUT2D eigenvalue weighted by molar-refractivity contribution is 0.0468. The summed E-state index contributed by atoms with van der Waals surface area (Å²) in [4.78, 5) is 15.8. The molecule has 1 aromatic carbocycles. The lowest BCUT2D eigenvalue weighted by Crippen LogP contribution is -2.06. The molecule has 2 rings (SSSR count). The molecule has 1 heterocycles. The highest BCUT2D eigenvalue weighted by atomic mass is 79.9. The molecule has 2 aromatic rings. The molecule has 3 nitrogen and oxygen atoms in total. The van der Waals surface area contributed by atoms with Gasteiger partial charge in [0.05, 0.1) is 16.3 Å². The monoisotopic (exact) mass is 359 g/mol. The molecule has 0 saturated carbocycles. The number of rotatable bonds is 3. The Morgan fingerprint density at radius 3 is 2.53 bits per heavy atom. The van der Waals surface area contributed by atoms with Gasteiger partial charge in [0.2, 0.25) is 0 Å². The predicted molar refractivity (Wildman–Crippen MR) is 77.5 cm³/mol. The van der Waals surface area contributed by atoms with Gasteiger partial charge in [-0.15, -0.1) is 0 Å². The summed E-state index contributed by atoms with van der Waals surface area (Å²) in [5.41, 5.74) is 0.890. The van der Waals surface area contributed by atoms with E-state index in [-0.39, 0.29) is 6.61 Å². The number of halogens is 3. The third-order valence-electron chi connectivity index (χ3n) is 2.30. The van der Waals surface area contributed by atoms with Crippen molar-refractivity contribution in [3.05, 3.63) is 62.3 Å². The zero-order valence-corrected chi connectivity index (χ0v) is 12.7. The minimum absolute atomic E-state index is 0.0196. The number of pyridine rings is 1. The van der Waals surface area contributed by atoms with E-state index in [0.717, 1.165) is 4.47 Å². The Labute approximate surface area is 128 Å². The van der Waals surface area contributed by atoms with Crippen molar-refractivity contribution in [2.24, 2.45) is 0 Å². The van der Waals surface area contributed by atoms with Crippen LogP contribution in [0.25, 0.3) is 0 Å². The molecule has 0 N–H and O–H groups in total. The van der Waals surface area contributed by atoms with Crippen molar-refractivity contribution >= 4 is 45.1 Å². The van der Waals surface area contributed by atoms with Crippen LogP contribution in [-0.4, -0.2) is 11.0 Å². The van der Waals surface area contributed by atoms with Crippen LogP contribution in [0.3, 0.4) is 0 Å². The minimum atomic E-state index is -0.439. The van der Waals surface area contributed by atoms with Gasteiger partial charge in [0.25, 0.3) is 0 Å². The molecule has 0 spiro atoms. The zero-order valence-electron chi connectivity index (χ0n) is 9.57. The highest BCUT2D eigenvalue weighted by Gasteiger charge is 2.10.